The van der Waals surface area contributed by atoms with Gasteiger partial charge in [-0.1, -0.05) is 0 Å². The minimum atomic E-state index is -2.44. The van der Waals surface area contributed by atoms with Crippen molar-refractivity contribution in [1.29, 1.82) is 0 Å². The second-order valence-corrected chi connectivity index (χ2v) is 25.3. The summed E-state index contributed by atoms with van der Waals surface area (Å²) >= 11 is 0. The molecule has 9 heterocycles. The summed E-state index contributed by atoms with van der Waals surface area (Å²) in [5, 5.41) is 314. The van der Waals surface area contributed by atoms with Crippen molar-refractivity contribution in [2.75, 3.05) is 59.5 Å². The van der Waals surface area contributed by atoms with Crippen LogP contribution in [-0.2, 0) is 80.5 Å². The third-order valence-corrected chi connectivity index (χ3v) is 18.7. The van der Waals surface area contributed by atoms with Crippen LogP contribution in [0.5, 0.6) is 0 Å². The fourth-order valence-corrected chi connectivity index (χ4v) is 12.7. The Balaban J connectivity index is 0.987. The van der Waals surface area contributed by atoms with Gasteiger partial charge in [0.1, 0.15) is 220 Å². The molecule has 9 aliphatic rings. The third-order valence-electron chi connectivity index (χ3n) is 18.7. The van der Waals surface area contributed by atoms with Crippen LogP contribution in [0.3, 0.4) is 0 Å². The van der Waals surface area contributed by atoms with E-state index in [0.29, 0.717) is 0 Å². The summed E-state index contributed by atoms with van der Waals surface area (Å²) in [6, 6.07) is 0. The molecule has 46 nitrogen and oxygen atoms in total. The molecule has 45 atom stereocenters. The first-order chi connectivity index (χ1) is 47.4. The highest BCUT2D eigenvalue weighted by molar-refractivity contribution is 5.02. The zero-order valence-electron chi connectivity index (χ0n) is 52.3. The van der Waals surface area contributed by atoms with E-state index in [1.165, 1.54) is 0 Å². The van der Waals surface area contributed by atoms with Crippen molar-refractivity contribution in [2.24, 2.45) is 0 Å². The number of ether oxygens (including phenoxy) is 17. The normalized spacial score (nSPS) is 53.7. The Bertz CT molecular complexity index is 2450. The molecule has 46 heteroatoms. The molecule has 9 fully saturated rings. The van der Waals surface area contributed by atoms with Crippen LogP contribution in [-0.4, -0.2) is 484 Å². The van der Waals surface area contributed by atoms with Crippen LogP contribution in [0.25, 0.3) is 0 Å². The lowest BCUT2D eigenvalue weighted by atomic mass is 9.95. The van der Waals surface area contributed by atoms with Crippen molar-refractivity contribution >= 4 is 0 Å². The van der Waals surface area contributed by atoms with Gasteiger partial charge in [0.05, 0.1) is 59.5 Å². The smallest absolute Gasteiger partial charge is 0.187 e. The maximum absolute atomic E-state index is 12.2. The molecular weight excluding hydrogens is 1380 g/mol. The van der Waals surface area contributed by atoms with Crippen LogP contribution in [0.4, 0.5) is 0 Å². The maximum Gasteiger partial charge on any atom is 0.187 e. The zero-order chi connectivity index (χ0) is 73.4. The van der Waals surface area contributed by atoms with Gasteiger partial charge in [-0.25, -0.2) is 0 Å². The van der Waals surface area contributed by atoms with Gasteiger partial charge in [-0.15, -0.1) is 0 Å². The van der Waals surface area contributed by atoms with E-state index in [1.54, 1.807) is 0 Å². The second kappa shape index (κ2) is 35.5. The molecule has 0 aromatic rings. The van der Waals surface area contributed by atoms with E-state index in [2.05, 4.69) is 0 Å². The molecule has 0 unspecified atom stereocenters. The largest absolute Gasteiger partial charge is 0.394 e. The summed E-state index contributed by atoms with van der Waals surface area (Å²) in [6.45, 7) is -9.52. The van der Waals surface area contributed by atoms with Crippen LogP contribution >= 0.6 is 0 Å². The quantitative estimate of drug-likeness (QED) is 0.0404. The summed E-state index contributed by atoms with van der Waals surface area (Å²) in [5.41, 5.74) is 0. The molecule has 9 saturated heterocycles. The Morgan fingerprint density at radius 1 is 0.170 bits per heavy atom. The van der Waals surface area contributed by atoms with Gasteiger partial charge in [-0.3, -0.25) is 0 Å². The highest BCUT2D eigenvalue weighted by atomic mass is 16.8. The molecule has 0 bridgehead atoms. The van der Waals surface area contributed by atoms with Crippen molar-refractivity contribution in [3.05, 3.63) is 0 Å². The third kappa shape index (κ3) is 17.0. The van der Waals surface area contributed by atoms with Crippen molar-refractivity contribution in [1.82, 2.24) is 0 Å². The summed E-state index contributed by atoms with van der Waals surface area (Å²) in [4.78, 5) is 0. The first kappa shape index (κ1) is 82.2. The number of rotatable bonds is 25. The first-order valence-electron chi connectivity index (χ1n) is 31.7. The van der Waals surface area contributed by atoms with E-state index in [9.17, 15) is 148 Å². The van der Waals surface area contributed by atoms with Gasteiger partial charge < -0.3 is 229 Å². The second-order valence-electron chi connectivity index (χ2n) is 25.3. The first-order valence-corrected chi connectivity index (χ1v) is 31.7. The van der Waals surface area contributed by atoms with Crippen LogP contribution in [0, 0.1) is 0 Å². The molecule has 0 amide bonds. The molecular formula is C54H92O46. The van der Waals surface area contributed by atoms with E-state index < -0.39 is 336 Å². The van der Waals surface area contributed by atoms with Gasteiger partial charge in [-0.05, 0) is 0 Å². The summed E-state index contributed by atoms with van der Waals surface area (Å²) in [7, 11) is 0. The standard InChI is InChI=1S/C54H92O46/c55-1-10-19(62)28(71)35(78)48(87-10)97-42-31(74)22(65)13(4-58)90-51(42)85-9-18-27(70)41(96-52-43(32(75)23(66)14(5-59)91-52)98-49-36(79)29(72)20(63)11(2-56)88-49)39(82)47(94-18)84-8-17-26(69)40(38(81)46(83)86-17)95-53-45(34(77)25(68)15(6-60)92-53)100-54-44(33(76)24(67)16(7-61)93-54)99-50-37(80)30(73)21(64)12(3-57)89-50/h10-83H,1-9H2/t10-,11-,12-,13-,14-,15-,16-,17-,18-,19-,20-,21-,22-,23-,24-,25-,26-,27-,28+,29+,30+,31+,32+,33+,34+,35+,36+,37+,38+,39+,40+,41+,42+,43+,44+,45+,46+,47+,48-,49-,50-,51+,52-,53-,54-/m1/s1. The molecule has 584 valence electrons. The lowest BCUT2D eigenvalue weighted by Crippen LogP contribution is -2.68. The van der Waals surface area contributed by atoms with E-state index in [4.69, 9.17) is 80.5 Å². The minimum Gasteiger partial charge on any atom is -0.394 e. The van der Waals surface area contributed by atoms with Crippen LogP contribution < -0.4 is 0 Å². The SMILES string of the molecule is OC[C@H]1O[C@H](O[C@@H]2[C@@H](OC[C@H]3O[C@H](OC[C@H]4O[C@H](O)[C@@H](O)[C@@H](O[C@H]5O[C@H](CO)[C@@H](O)[C@H](O)[C@@H]5O[C@H]5O[C@H](CO)[C@@H](O)[C@H](O)[C@@H]5O[C@H]5O[C@H](CO)[C@@H](O)[C@H](O)[C@@H]5O)[C@@H]4O)[C@@H](O)[C@@H](O[C@H]4O[C@H](CO)[C@@H](O)[C@H](O)[C@@H]4O[C@H]4O[C@H](CO)[C@@H](O)[C@H](O)[C@@H]4O)[C@@H]3O)O[C@H](CO)[C@@H](O)[C@@H]2O)[C@@H](O)[C@@H](O)[C@@H]1O. The summed E-state index contributed by atoms with van der Waals surface area (Å²) in [5.74, 6) is 0. The van der Waals surface area contributed by atoms with E-state index >= 15 is 0 Å². The molecule has 0 radical (unpaired) electrons. The highest BCUT2D eigenvalue weighted by Crippen LogP contribution is 2.39. The Labute approximate surface area is 563 Å². The van der Waals surface area contributed by atoms with E-state index in [0.717, 1.165) is 0 Å². The van der Waals surface area contributed by atoms with Crippen LogP contribution in [0.2, 0.25) is 0 Å². The minimum absolute atomic E-state index is 0.965. The fraction of sp³-hybridized carbons (Fsp3) is 1.00. The lowest BCUT2D eigenvalue weighted by molar-refractivity contribution is -0.404. The predicted molar refractivity (Wildman–Crippen MR) is 297 cm³/mol. The Kier molecular flexibility index (Phi) is 29.2. The van der Waals surface area contributed by atoms with Crippen LogP contribution in [0.1, 0.15) is 0 Å². The summed E-state index contributed by atoms with van der Waals surface area (Å²) in [6.07, 6.45) is -94.6. The Morgan fingerprint density at radius 3 is 0.700 bits per heavy atom. The molecule has 9 rings (SSSR count). The lowest BCUT2D eigenvalue weighted by Gasteiger charge is -2.50. The van der Waals surface area contributed by atoms with Crippen molar-refractivity contribution in [2.45, 2.75) is 276 Å². The van der Waals surface area contributed by atoms with Gasteiger partial charge in [0.15, 0.2) is 56.6 Å². The van der Waals surface area contributed by atoms with E-state index in [1.807, 2.05) is 0 Å². The molecule has 0 aliphatic carbocycles. The fourth-order valence-electron chi connectivity index (χ4n) is 12.7. The van der Waals surface area contributed by atoms with Gasteiger partial charge in [0.2, 0.25) is 0 Å². The average Bonchev–Trinajstić information content (AvgIpc) is 0.781. The molecule has 29 N–H and O–H groups in total. The van der Waals surface area contributed by atoms with Gasteiger partial charge in [0, 0.05) is 0 Å². The Morgan fingerprint density at radius 2 is 0.390 bits per heavy atom. The molecule has 0 spiro atoms. The number of aliphatic hydroxyl groups is 29. The van der Waals surface area contributed by atoms with Crippen molar-refractivity contribution in [3.63, 3.8) is 0 Å². The number of hydrogen-bond acceptors (Lipinski definition) is 46. The zero-order valence-corrected chi connectivity index (χ0v) is 52.3. The van der Waals surface area contributed by atoms with E-state index in [-0.39, 0.29) is 0 Å². The monoisotopic (exact) mass is 1480 g/mol. The molecule has 0 saturated carbocycles. The molecule has 9 aliphatic heterocycles. The topological polar surface area (TPSA) is 744 Å². The van der Waals surface area contributed by atoms with Crippen LogP contribution in [0.15, 0.2) is 0 Å². The molecule has 0 aromatic carbocycles. The van der Waals surface area contributed by atoms with Gasteiger partial charge in [-0.2, -0.15) is 0 Å². The number of hydrogen-bond donors (Lipinski definition) is 29. The van der Waals surface area contributed by atoms with Gasteiger partial charge >= 0.3 is 0 Å². The average molecular weight is 1480 g/mol. The highest BCUT2D eigenvalue weighted by Gasteiger charge is 2.60. The van der Waals surface area contributed by atoms with Crippen molar-refractivity contribution < 1.29 is 229 Å². The number of aliphatic hydroxyl groups excluding tert-OH is 29. The Hall–Kier alpha value is -1.84. The maximum atomic E-state index is 12.2. The summed E-state index contributed by atoms with van der Waals surface area (Å²) < 4.78 is 97.2. The van der Waals surface area contributed by atoms with Gasteiger partial charge in [0.25, 0.3) is 0 Å². The van der Waals surface area contributed by atoms with Crippen molar-refractivity contribution in [3.8, 4) is 0 Å². The predicted octanol–water partition coefficient (Wildman–Crippen LogP) is -20.6. The molecule has 0 aromatic heterocycles. The molecule has 100 heavy (non-hydrogen) atoms.